The number of nitrogens with two attached hydrogens (primary N) is 1. The molecule has 0 bridgehead atoms. The zero-order chi connectivity index (χ0) is 21.2. The van der Waals surface area contributed by atoms with E-state index in [4.69, 9.17) is 15.5 Å². The molecule has 1 heterocycles. The molecule has 0 aliphatic heterocycles. The van der Waals surface area contributed by atoms with Gasteiger partial charge in [0.2, 0.25) is 0 Å². The molecule has 0 amide bonds. The van der Waals surface area contributed by atoms with E-state index >= 15 is 0 Å². The van der Waals surface area contributed by atoms with Crippen molar-refractivity contribution in [3.8, 4) is 17.0 Å². The first kappa shape index (κ1) is 21.3. The fraction of sp³-hybridized carbons (Fsp3) is 0.250. The highest BCUT2D eigenvalue weighted by Crippen LogP contribution is 2.29. The third kappa shape index (κ3) is 5.58. The lowest BCUT2D eigenvalue weighted by Gasteiger charge is -2.13. The SMILES string of the molecule is CN=C(C=CN)CNCCCNc1cc(-c2ccc(OC)cc2)nc2ccccc12. The van der Waals surface area contributed by atoms with Crippen LogP contribution < -0.4 is 21.1 Å². The van der Waals surface area contributed by atoms with Crippen molar-refractivity contribution in [3.05, 3.63) is 66.9 Å². The van der Waals surface area contributed by atoms with Crippen molar-refractivity contribution < 1.29 is 4.74 Å². The molecule has 0 aliphatic carbocycles. The fourth-order valence-electron chi connectivity index (χ4n) is 3.21. The first-order valence-electron chi connectivity index (χ1n) is 10.1. The Balaban J connectivity index is 1.67. The summed E-state index contributed by atoms with van der Waals surface area (Å²) in [6.45, 7) is 2.46. The minimum absolute atomic E-state index is 0.712. The van der Waals surface area contributed by atoms with Crippen LogP contribution >= 0.6 is 0 Å². The van der Waals surface area contributed by atoms with Crippen LogP contribution in [0.15, 0.2) is 71.9 Å². The number of hydrogen-bond acceptors (Lipinski definition) is 6. The maximum absolute atomic E-state index is 5.42. The number of pyridine rings is 1. The Labute approximate surface area is 177 Å². The summed E-state index contributed by atoms with van der Waals surface area (Å²) in [5.74, 6) is 0.837. The van der Waals surface area contributed by atoms with Gasteiger partial charge >= 0.3 is 0 Å². The zero-order valence-corrected chi connectivity index (χ0v) is 17.6. The Morgan fingerprint density at radius 3 is 2.67 bits per heavy atom. The summed E-state index contributed by atoms with van der Waals surface area (Å²) in [6.07, 6.45) is 4.31. The van der Waals surface area contributed by atoms with Crippen LogP contribution in [-0.2, 0) is 0 Å². The van der Waals surface area contributed by atoms with Crippen molar-refractivity contribution in [2.75, 3.05) is 39.1 Å². The van der Waals surface area contributed by atoms with Crippen molar-refractivity contribution in [1.82, 2.24) is 10.3 Å². The second-order valence-corrected chi connectivity index (χ2v) is 6.83. The van der Waals surface area contributed by atoms with Gasteiger partial charge in [-0.25, -0.2) is 4.98 Å². The maximum atomic E-state index is 5.42. The van der Waals surface area contributed by atoms with E-state index in [0.29, 0.717) is 6.54 Å². The lowest BCUT2D eigenvalue weighted by Crippen LogP contribution is -2.24. The van der Waals surface area contributed by atoms with E-state index < -0.39 is 0 Å². The largest absolute Gasteiger partial charge is 0.497 e. The molecule has 3 aromatic rings. The highest BCUT2D eigenvalue weighted by Gasteiger charge is 2.07. The first-order chi connectivity index (χ1) is 14.7. The summed E-state index contributed by atoms with van der Waals surface area (Å²) >= 11 is 0. The smallest absolute Gasteiger partial charge is 0.118 e. The molecule has 4 N–H and O–H groups in total. The summed E-state index contributed by atoms with van der Waals surface area (Å²) in [5, 5.41) is 8.09. The van der Waals surface area contributed by atoms with E-state index in [-0.39, 0.29) is 0 Å². The molecule has 0 atom stereocenters. The third-order valence-electron chi connectivity index (χ3n) is 4.83. The number of methoxy groups -OCH3 is 1. The van der Waals surface area contributed by atoms with Crippen molar-refractivity contribution in [1.29, 1.82) is 0 Å². The van der Waals surface area contributed by atoms with Crippen LogP contribution in [0.4, 0.5) is 5.69 Å². The van der Waals surface area contributed by atoms with Gasteiger partial charge in [0.15, 0.2) is 0 Å². The van der Waals surface area contributed by atoms with Gasteiger partial charge in [0.05, 0.1) is 18.3 Å². The van der Waals surface area contributed by atoms with Gasteiger partial charge in [-0.1, -0.05) is 18.2 Å². The quantitative estimate of drug-likeness (QED) is 0.354. The van der Waals surface area contributed by atoms with Crippen LogP contribution in [0.2, 0.25) is 0 Å². The van der Waals surface area contributed by atoms with Crippen LogP contribution in [0, 0.1) is 0 Å². The van der Waals surface area contributed by atoms with Crippen LogP contribution in [0.25, 0.3) is 22.2 Å². The number of aliphatic imine (C=N–C) groups is 1. The molecule has 2 aromatic carbocycles. The number of ether oxygens (including phenoxy) is 1. The summed E-state index contributed by atoms with van der Waals surface area (Å²) in [5.41, 5.74) is 10.4. The van der Waals surface area contributed by atoms with Gasteiger partial charge in [-0.2, -0.15) is 0 Å². The highest BCUT2D eigenvalue weighted by molar-refractivity contribution is 5.96. The Morgan fingerprint density at radius 2 is 1.93 bits per heavy atom. The van der Waals surface area contributed by atoms with Gasteiger partial charge in [0, 0.05) is 42.5 Å². The molecule has 0 fully saturated rings. The van der Waals surface area contributed by atoms with Crippen LogP contribution in [-0.4, -0.2) is 44.5 Å². The molecule has 156 valence electrons. The molecule has 1 aromatic heterocycles. The van der Waals surface area contributed by atoms with Crippen molar-refractivity contribution >= 4 is 22.3 Å². The number of benzene rings is 2. The standard InChI is InChI=1S/C24H29N5O/c1-26-19(12-13-25)17-27-14-5-15-28-24-16-23(18-8-10-20(30-2)11-9-18)29-22-7-4-3-6-21(22)24/h3-4,6-13,16,27H,5,14-15,17,25H2,1-2H3,(H,28,29). The van der Waals surface area contributed by atoms with E-state index in [2.05, 4.69) is 27.8 Å². The monoisotopic (exact) mass is 403 g/mol. The zero-order valence-electron chi connectivity index (χ0n) is 17.6. The number of anilines is 1. The molecule has 0 aliphatic rings. The first-order valence-corrected chi connectivity index (χ1v) is 10.1. The normalized spacial score (nSPS) is 11.9. The second-order valence-electron chi connectivity index (χ2n) is 6.83. The number of aromatic nitrogens is 1. The molecule has 30 heavy (non-hydrogen) atoms. The third-order valence-corrected chi connectivity index (χ3v) is 4.83. The van der Waals surface area contributed by atoms with E-state index in [9.17, 15) is 0 Å². The van der Waals surface area contributed by atoms with E-state index in [1.807, 2.05) is 48.5 Å². The molecule has 0 radical (unpaired) electrons. The van der Waals surface area contributed by atoms with Gasteiger partial charge < -0.3 is 21.1 Å². The molecular formula is C24H29N5O. The predicted octanol–water partition coefficient (Wildman–Crippen LogP) is 3.85. The summed E-state index contributed by atoms with van der Waals surface area (Å²) in [6, 6.07) is 18.3. The van der Waals surface area contributed by atoms with E-state index in [0.717, 1.165) is 58.8 Å². The molecule has 6 heteroatoms. The molecule has 0 unspecified atom stereocenters. The topological polar surface area (TPSA) is 84.6 Å². The fourth-order valence-corrected chi connectivity index (χ4v) is 3.21. The Morgan fingerprint density at radius 1 is 1.13 bits per heavy atom. The summed E-state index contributed by atoms with van der Waals surface area (Å²) in [7, 11) is 3.44. The highest BCUT2D eigenvalue weighted by atomic mass is 16.5. The Bertz CT molecular complexity index is 1010. The average Bonchev–Trinajstić information content (AvgIpc) is 2.80. The minimum atomic E-state index is 0.712. The van der Waals surface area contributed by atoms with E-state index in [1.54, 1.807) is 14.2 Å². The van der Waals surface area contributed by atoms with Gasteiger partial charge in [-0.15, -0.1) is 0 Å². The number of hydrogen-bond donors (Lipinski definition) is 3. The molecule has 0 saturated carbocycles. The lowest BCUT2D eigenvalue weighted by molar-refractivity contribution is 0.415. The van der Waals surface area contributed by atoms with Crippen LogP contribution in [0.1, 0.15) is 6.42 Å². The summed E-state index contributed by atoms with van der Waals surface area (Å²) in [4.78, 5) is 9.03. The number of rotatable bonds is 10. The maximum Gasteiger partial charge on any atom is 0.118 e. The van der Waals surface area contributed by atoms with Crippen LogP contribution in [0.3, 0.4) is 0 Å². The van der Waals surface area contributed by atoms with E-state index in [1.165, 1.54) is 6.20 Å². The summed E-state index contributed by atoms with van der Waals surface area (Å²) < 4.78 is 5.26. The second kappa shape index (κ2) is 11.0. The molecule has 6 nitrogen and oxygen atoms in total. The molecule has 0 spiro atoms. The predicted molar refractivity (Wildman–Crippen MR) is 126 cm³/mol. The van der Waals surface area contributed by atoms with Crippen molar-refractivity contribution in [3.63, 3.8) is 0 Å². The minimum Gasteiger partial charge on any atom is -0.497 e. The number of nitrogens with zero attached hydrogens (tertiary/aromatic N) is 2. The lowest BCUT2D eigenvalue weighted by atomic mass is 10.1. The van der Waals surface area contributed by atoms with Gasteiger partial charge in [-0.05, 0) is 61.6 Å². The number of fused-ring (bicyclic) bond motifs is 1. The van der Waals surface area contributed by atoms with Crippen LogP contribution in [0.5, 0.6) is 5.75 Å². The van der Waals surface area contributed by atoms with Gasteiger partial charge in [0.1, 0.15) is 5.75 Å². The molecule has 0 saturated heterocycles. The van der Waals surface area contributed by atoms with Crippen molar-refractivity contribution in [2.45, 2.75) is 6.42 Å². The number of para-hydroxylation sites is 1. The molecule has 3 rings (SSSR count). The number of nitrogens with one attached hydrogen (secondary N) is 2. The average molecular weight is 404 g/mol. The van der Waals surface area contributed by atoms with Gasteiger partial charge in [0.25, 0.3) is 0 Å². The molecular weight excluding hydrogens is 374 g/mol. The van der Waals surface area contributed by atoms with Gasteiger partial charge in [-0.3, -0.25) is 4.99 Å². The Hall–Kier alpha value is -3.38. The van der Waals surface area contributed by atoms with Crippen molar-refractivity contribution in [2.24, 2.45) is 10.7 Å². The Kier molecular flexibility index (Phi) is 7.80.